The fourth-order valence-electron chi connectivity index (χ4n) is 0.880. The van der Waals surface area contributed by atoms with Crippen LogP contribution in [0.3, 0.4) is 0 Å². The Balaban J connectivity index is 2.69. The zero-order chi connectivity index (χ0) is 11.5. The highest BCUT2D eigenvalue weighted by molar-refractivity contribution is 6.28. The first-order chi connectivity index (χ1) is 6.94. The third-order valence-electron chi connectivity index (χ3n) is 2.02. The van der Waals surface area contributed by atoms with E-state index in [2.05, 4.69) is 15.3 Å². The van der Waals surface area contributed by atoms with Crippen LogP contribution in [0.1, 0.15) is 13.8 Å². The van der Waals surface area contributed by atoms with E-state index in [0.29, 0.717) is 18.1 Å². The van der Waals surface area contributed by atoms with Gasteiger partial charge in [-0.15, -0.1) is 0 Å². The summed E-state index contributed by atoms with van der Waals surface area (Å²) in [5.41, 5.74) is 5.85. The third kappa shape index (κ3) is 3.53. The van der Waals surface area contributed by atoms with E-state index in [9.17, 15) is 0 Å². The molecule has 0 saturated carbocycles. The molecule has 5 nitrogen and oxygen atoms in total. The molecule has 0 bridgehead atoms. The topological polar surface area (TPSA) is 73.1 Å². The lowest BCUT2D eigenvalue weighted by Gasteiger charge is -2.23. The largest absolute Gasteiger partial charge is 0.394 e. The van der Waals surface area contributed by atoms with Crippen LogP contribution in [0.5, 0.6) is 0 Å². The smallest absolute Gasteiger partial charge is 0.224 e. The molecule has 0 aliphatic carbocycles. The predicted molar refractivity (Wildman–Crippen MR) is 61.0 cm³/mol. The van der Waals surface area contributed by atoms with Gasteiger partial charge in [-0.3, -0.25) is 0 Å². The molecular weight excluding hydrogens is 216 g/mol. The van der Waals surface area contributed by atoms with Crippen LogP contribution >= 0.6 is 11.6 Å². The number of anilines is 2. The summed E-state index contributed by atoms with van der Waals surface area (Å²) in [7, 11) is 1.65. The van der Waals surface area contributed by atoms with Crippen LogP contribution in [-0.2, 0) is 4.74 Å². The maximum Gasteiger partial charge on any atom is 0.224 e. The van der Waals surface area contributed by atoms with Crippen LogP contribution in [0.2, 0.25) is 5.28 Å². The Morgan fingerprint density at radius 3 is 2.87 bits per heavy atom. The number of ether oxygens (including phenoxy) is 1. The van der Waals surface area contributed by atoms with Gasteiger partial charge in [-0.1, -0.05) is 0 Å². The highest BCUT2D eigenvalue weighted by atomic mass is 35.5. The van der Waals surface area contributed by atoms with Crippen molar-refractivity contribution in [3.8, 4) is 0 Å². The van der Waals surface area contributed by atoms with Gasteiger partial charge in [-0.05, 0) is 25.4 Å². The second-order valence-corrected chi connectivity index (χ2v) is 4.10. The normalized spacial score (nSPS) is 11.5. The lowest BCUT2D eigenvalue weighted by atomic mass is 10.1. The molecular formula is C9H15ClN4O. The molecule has 6 heteroatoms. The Morgan fingerprint density at radius 1 is 1.60 bits per heavy atom. The number of hydrogen-bond donors (Lipinski definition) is 2. The second-order valence-electron chi connectivity index (χ2n) is 3.76. The summed E-state index contributed by atoms with van der Waals surface area (Å²) in [6.07, 6.45) is 1.47. The van der Waals surface area contributed by atoms with Crippen molar-refractivity contribution < 1.29 is 4.74 Å². The summed E-state index contributed by atoms with van der Waals surface area (Å²) < 4.78 is 5.25. The molecule has 0 amide bonds. The van der Waals surface area contributed by atoms with Crippen molar-refractivity contribution in [3.63, 3.8) is 0 Å². The van der Waals surface area contributed by atoms with Crippen molar-refractivity contribution in [1.82, 2.24) is 9.97 Å². The van der Waals surface area contributed by atoms with Crippen molar-refractivity contribution in [2.75, 3.05) is 24.7 Å². The number of halogens is 1. The molecule has 0 aliphatic rings. The summed E-state index contributed by atoms with van der Waals surface area (Å²) >= 11 is 5.65. The minimum Gasteiger partial charge on any atom is -0.394 e. The first-order valence-corrected chi connectivity index (χ1v) is 4.89. The van der Waals surface area contributed by atoms with Crippen molar-refractivity contribution in [2.24, 2.45) is 0 Å². The zero-order valence-electron chi connectivity index (χ0n) is 9.04. The van der Waals surface area contributed by atoms with Crippen molar-refractivity contribution in [3.05, 3.63) is 11.5 Å². The predicted octanol–water partition coefficient (Wildman–Crippen LogP) is 1.55. The molecule has 1 rings (SSSR count). The number of rotatable bonds is 4. The maximum absolute atomic E-state index is 5.67. The highest BCUT2D eigenvalue weighted by Gasteiger charge is 2.16. The number of hydrogen-bond acceptors (Lipinski definition) is 5. The molecule has 3 N–H and O–H groups in total. The molecule has 1 aromatic rings. The number of aromatic nitrogens is 2. The summed E-state index contributed by atoms with van der Waals surface area (Å²) in [4.78, 5) is 7.73. The molecule has 0 fully saturated rings. The van der Waals surface area contributed by atoms with Gasteiger partial charge in [0.05, 0.1) is 17.5 Å². The van der Waals surface area contributed by atoms with E-state index in [1.54, 1.807) is 7.11 Å². The number of nitrogen functional groups attached to an aromatic ring is 1. The third-order valence-corrected chi connectivity index (χ3v) is 2.20. The summed E-state index contributed by atoms with van der Waals surface area (Å²) in [6.45, 7) is 4.50. The molecule has 0 radical (unpaired) electrons. The lowest BCUT2D eigenvalue weighted by molar-refractivity contribution is 0.0343. The SMILES string of the molecule is COC(C)(C)CNc1nc(Cl)ncc1N. The van der Waals surface area contributed by atoms with Gasteiger partial charge in [0, 0.05) is 13.7 Å². The average Bonchev–Trinajstić information content (AvgIpc) is 2.20. The fourth-order valence-corrected chi connectivity index (χ4v) is 1.01. The van der Waals surface area contributed by atoms with Gasteiger partial charge in [-0.25, -0.2) is 4.98 Å². The first-order valence-electron chi connectivity index (χ1n) is 4.51. The fraction of sp³-hybridized carbons (Fsp3) is 0.556. The van der Waals surface area contributed by atoms with E-state index in [1.807, 2.05) is 13.8 Å². The summed E-state index contributed by atoms with van der Waals surface area (Å²) in [5, 5.41) is 3.23. The molecule has 0 aromatic carbocycles. The minimum atomic E-state index is -0.288. The molecule has 1 aromatic heterocycles. The summed E-state index contributed by atoms with van der Waals surface area (Å²) in [5.74, 6) is 0.528. The monoisotopic (exact) mass is 230 g/mol. The minimum absolute atomic E-state index is 0.168. The van der Waals surface area contributed by atoms with Gasteiger partial charge in [-0.2, -0.15) is 4.98 Å². The number of nitrogens with one attached hydrogen (secondary N) is 1. The van der Waals surface area contributed by atoms with E-state index in [-0.39, 0.29) is 10.9 Å². The van der Waals surface area contributed by atoms with E-state index in [0.717, 1.165) is 0 Å². The van der Waals surface area contributed by atoms with E-state index in [1.165, 1.54) is 6.20 Å². The Kier molecular flexibility index (Phi) is 3.71. The van der Waals surface area contributed by atoms with E-state index in [4.69, 9.17) is 22.1 Å². The number of nitrogens with two attached hydrogens (primary N) is 1. The van der Waals surface area contributed by atoms with Crippen molar-refractivity contribution in [1.29, 1.82) is 0 Å². The maximum atomic E-state index is 5.67. The average molecular weight is 231 g/mol. The van der Waals surface area contributed by atoms with Gasteiger partial charge in [0.2, 0.25) is 5.28 Å². The van der Waals surface area contributed by atoms with Crippen LogP contribution in [0.15, 0.2) is 6.20 Å². The van der Waals surface area contributed by atoms with E-state index >= 15 is 0 Å². The zero-order valence-corrected chi connectivity index (χ0v) is 9.80. The van der Waals surface area contributed by atoms with E-state index < -0.39 is 0 Å². The Hall–Kier alpha value is -1.07. The molecule has 1 heterocycles. The highest BCUT2D eigenvalue weighted by Crippen LogP contribution is 2.17. The number of nitrogens with zero attached hydrogens (tertiary/aromatic N) is 2. The van der Waals surface area contributed by atoms with Crippen LogP contribution in [0, 0.1) is 0 Å². The molecule has 15 heavy (non-hydrogen) atoms. The Morgan fingerprint density at radius 2 is 2.27 bits per heavy atom. The Labute approximate surface area is 94.0 Å². The van der Waals surface area contributed by atoms with Gasteiger partial charge in [0.15, 0.2) is 5.82 Å². The Bertz CT molecular complexity index is 343. The van der Waals surface area contributed by atoms with Crippen LogP contribution in [0.4, 0.5) is 11.5 Å². The molecule has 84 valence electrons. The molecule has 0 spiro atoms. The second kappa shape index (κ2) is 4.63. The molecule has 0 aliphatic heterocycles. The molecule has 0 atom stereocenters. The number of methoxy groups -OCH3 is 1. The molecule has 0 saturated heterocycles. The van der Waals surface area contributed by atoms with Crippen LogP contribution in [0.25, 0.3) is 0 Å². The van der Waals surface area contributed by atoms with Gasteiger partial charge in [0.25, 0.3) is 0 Å². The lowest BCUT2D eigenvalue weighted by Crippen LogP contribution is -2.32. The van der Waals surface area contributed by atoms with Crippen molar-refractivity contribution in [2.45, 2.75) is 19.4 Å². The standard InChI is InChI=1S/C9H15ClN4O/c1-9(2,15-3)5-13-7-6(11)4-12-8(10)14-7/h4H,5,11H2,1-3H3,(H,12,13,14). The summed E-state index contributed by atoms with van der Waals surface area (Å²) in [6, 6.07) is 0. The van der Waals surface area contributed by atoms with Gasteiger partial charge < -0.3 is 15.8 Å². The van der Waals surface area contributed by atoms with Gasteiger partial charge >= 0.3 is 0 Å². The molecule has 0 unspecified atom stereocenters. The van der Waals surface area contributed by atoms with Crippen molar-refractivity contribution >= 4 is 23.1 Å². The van der Waals surface area contributed by atoms with Crippen LogP contribution in [-0.4, -0.2) is 29.2 Å². The quantitative estimate of drug-likeness (QED) is 0.768. The van der Waals surface area contributed by atoms with Crippen LogP contribution < -0.4 is 11.1 Å². The first kappa shape index (κ1) is 12.0. The van der Waals surface area contributed by atoms with Gasteiger partial charge in [0.1, 0.15) is 0 Å².